The molecule has 1 N–H and O–H groups in total. The van der Waals surface area contributed by atoms with Crippen LogP contribution in [0.1, 0.15) is 50.2 Å². The molecule has 2 amide bonds. The monoisotopic (exact) mass is 545 g/mol. The summed E-state index contributed by atoms with van der Waals surface area (Å²) in [5, 5.41) is 3.10. The van der Waals surface area contributed by atoms with Crippen molar-refractivity contribution in [2.75, 3.05) is 31.3 Å². The number of sulfonamides is 1. The van der Waals surface area contributed by atoms with Gasteiger partial charge in [0, 0.05) is 18.7 Å². The van der Waals surface area contributed by atoms with Gasteiger partial charge in [-0.05, 0) is 49.9 Å². The Kier molecular flexibility index (Phi) is 10.0. The van der Waals surface area contributed by atoms with Crippen molar-refractivity contribution >= 4 is 27.5 Å². The van der Waals surface area contributed by atoms with Gasteiger partial charge in [-0.1, -0.05) is 43.5 Å². The number of anilines is 1. The summed E-state index contributed by atoms with van der Waals surface area (Å²) in [6, 6.07) is 11.6. The van der Waals surface area contributed by atoms with E-state index in [1.165, 1.54) is 25.2 Å². The molecular formula is C28H39N3O6S. The van der Waals surface area contributed by atoms with Crippen molar-refractivity contribution < 1.29 is 27.5 Å². The number of aryl methyl sites for hydroxylation is 1. The maximum Gasteiger partial charge on any atom is 0.244 e. The summed E-state index contributed by atoms with van der Waals surface area (Å²) in [4.78, 5) is 28.6. The molecule has 0 bridgehead atoms. The Morgan fingerprint density at radius 2 is 1.74 bits per heavy atom. The molecule has 10 heteroatoms. The van der Waals surface area contributed by atoms with Crippen LogP contribution in [0.5, 0.6) is 11.5 Å². The number of benzene rings is 2. The first kappa shape index (κ1) is 29.3. The fourth-order valence-electron chi connectivity index (χ4n) is 4.71. The average Bonchev–Trinajstić information content (AvgIpc) is 2.90. The zero-order valence-corrected chi connectivity index (χ0v) is 23.7. The second kappa shape index (κ2) is 13.0. The third kappa shape index (κ3) is 7.40. The number of hydrogen-bond donors (Lipinski definition) is 1. The fourth-order valence-corrected chi connectivity index (χ4v) is 5.55. The SMILES string of the molecule is COc1ccc(OC)c(N(CC(=O)N(Cc2ccccc2C)C(C)C(=O)NC2CCCCC2)S(C)(=O)=O)c1. The van der Waals surface area contributed by atoms with Gasteiger partial charge in [-0.2, -0.15) is 0 Å². The molecule has 9 nitrogen and oxygen atoms in total. The second-order valence-electron chi connectivity index (χ2n) is 9.78. The predicted octanol–water partition coefficient (Wildman–Crippen LogP) is 3.64. The van der Waals surface area contributed by atoms with Crippen LogP contribution in [0.25, 0.3) is 0 Å². The Hall–Kier alpha value is -3.27. The van der Waals surface area contributed by atoms with Gasteiger partial charge < -0.3 is 19.7 Å². The molecule has 38 heavy (non-hydrogen) atoms. The number of rotatable bonds is 11. The van der Waals surface area contributed by atoms with E-state index in [0.29, 0.717) is 5.75 Å². The van der Waals surface area contributed by atoms with Gasteiger partial charge in [0.2, 0.25) is 21.8 Å². The summed E-state index contributed by atoms with van der Waals surface area (Å²) in [6.07, 6.45) is 6.16. The smallest absolute Gasteiger partial charge is 0.244 e. The lowest BCUT2D eigenvalue weighted by Crippen LogP contribution is -2.53. The Balaban J connectivity index is 1.94. The highest BCUT2D eigenvalue weighted by molar-refractivity contribution is 7.92. The molecule has 0 radical (unpaired) electrons. The number of amides is 2. The Bertz CT molecular complexity index is 1230. The third-order valence-electron chi connectivity index (χ3n) is 7.05. The molecule has 208 valence electrons. The van der Waals surface area contributed by atoms with E-state index in [9.17, 15) is 18.0 Å². The molecule has 2 aromatic rings. The zero-order valence-electron chi connectivity index (χ0n) is 22.9. The van der Waals surface area contributed by atoms with E-state index >= 15 is 0 Å². The van der Waals surface area contributed by atoms with Crippen LogP contribution in [0.3, 0.4) is 0 Å². The first-order valence-electron chi connectivity index (χ1n) is 12.9. The van der Waals surface area contributed by atoms with Crippen molar-refractivity contribution in [3.8, 4) is 11.5 Å². The van der Waals surface area contributed by atoms with Gasteiger partial charge in [0.05, 0.1) is 26.2 Å². The lowest BCUT2D eigenvalue weighted by atomic mass is 9.95. The summed E-state index contributed by atoms with van der Waals surface area (Å²) in [5.74, 6) is -0.0602. The van der Waals surface area contributed by atoms with Crippen LogP contribution < -0.4 is 19.1 Å². The molecule has 0 heterocycles. The normalized spacial score (nSPS) is 14.9. The molecule has 0 saturated heterocycles. The predicted molar refractivity (Wildman–Crippen MR) is 148 cm³/mol. The van der Waals surface area contributed by atoms with Crippen LogP contribution in [-0.2, 0) is 26.2 Å². The highest BCUT2D eigenvalue weighted by Crippen LogP contribution is 2.34. The van der Waals surface area contributed by atoms with Gasteiger partial charge in [0.25, 0.3) is 0 Å². The molecule has 1 aliphatic rings. The number of methoxy groups -OCH3 is 2. The van der Waals surface area contributed by atoms with Crippen molar-refractivity contribution in [2.24, 2.45) is 0 Å². The van der Waals surface area contributed by atoms with E-state index in [2.05, 4.69) is 5.32 Å². The van der Waals surface area contributed by atoms with Crippen molar-refractivity contribution in [1.29, 1.82) is 0 Å². The maximum atomic E-state index is 13.8. The van der Waals surface area contributed by atoms with E-state index in [1.54, 1.807) is 19.1 Å². The molecule has 3 rings (SSSR count). The number of carbonyl (C=O) groups is 2. The van der Waals surface area contributed by atoms with Gasteiger partial charge >= 0.3 is 0 Å². The quantitative estimate of drug-likeness (QED) is 0.462. The van der Waals surface area contributed by atoms with Gasteiger partial charge in [-0.3, -0.25) is 13.9 Å². The maximum absolute atomic E-state index is 13.8. The second-order valence-corrected chi connectivity index (χ2v) is 11.7. The highest BCUT2D eigenvalue weighted by Gasteiger charge is 2.32. The largest absolute Gasteiger partial charge is 0.497 e. The molecule has 0 spiro atoms. The van der Waals surface area contributed by atoms with E-state index in [-0.39, 0.29) is 29.9 Å². The first-order valence-corrected chi connectivity index (χ1v) is 14.7. The number of carbonyl (C=O) groups excluding carboxylic acids is 2. The standard InChI is InChI=1S/C28H39N3O6S/c1-20-11-9-10-12-22(20)18-30(21(2)28(33)29-23-13-7-6-8-14-23)27(32)19-31(38(5,34)35)25-17-24(36-3)15-16-26(25)37-4/h9-12,15-17,21,23H,6-8,13-14,18-19H2,1-5H3,(H,29,33). The number of nitrogens with one attached hydrogen (secondary N) is 1. The third-order valence-corrected chi connectivity index (χ3v) is 8.18. The zero-order chi connectivity index (χ0) is 27.9. The topological polar surface area (TPSA) is 105 Å². The van der Waals surface area contributed by atoms with Gasteiger partial charge in [-0.15, -0.1) is 0 Å². The van der Waals surface area contributed by atoms with Crippen molar-refractivity contribution in [2.45, 2.75) is 64.6 Å². The summed E-state index contributed by atoms with van der Waals surface area (Å²) >= 11 is 0. The van der Waals surface area contributed by atoms with Crippen LogP contribution in [0.4, 0.5) is 5.69 Å². The van der Waals surface area contributed by atoms with Crippen molar-refractivity contribution in [3.63, 3.8) is 0 Å². The van der Waals surface area contributed by atoms with Crippen LogP contribution in [0.2, 0.25) is 0 Å². The molecule has 0 aromatic heterocycles. The minimum absolute atomic E-state index is 0.0858. The first-order chi connectivity index (χ1) is 18.0. The van der Waals surface area contributed by atoms with Crippen LogP contribution in [-0.4, -0.2) is 64.2 Å². The van der Waals surface area contributed by atoms with Gasteiger partial charge in [0.15, 0.2) is 0 Å². The van der Waals surface area contributed by atoms with Gasteiger partial charge in [-0.25, -0.2) is 8.42 Å². The number of hydrogen-bond acceptors (Lipinski definition) is 6. The molecule has 1 fully saturated rings. The van der Waals surface area contributed by atoms with Crippen LogP contribution in [0.15, 0.2) is 42.5 Å². The lowest BCUT2D eigenvalue weighted by Gasteiger charge is -2.33. The minimum atomic E-state index is -3.90. The molecular weight excluding hydrogens is 506 g/mol. The molecule has 1 saturated carbocycles. The van der Waals surface area contributed by atoms with E-state index in [0.717, 1.165) is 53.8 Å². The summed E-state index contributed by atoms with van der Waals surface area (Å²) in [7, 11) is -1.01. The average molecular weight is 546 g/mol. The molecule has 2 aromatic carbocycles. The fraction of sp³-hybridized carbons (Fsp3) is 0.500. The Morgan fingerprint density at radius 3 is 2.34 bits per heavy atom. The van der Waals surface area contributed by atoms with E-state index in [4.69, 9.17) is 9.47 Å². The van der Waals surface area contributed by atoms with Crippen molar-refractivity contribution in [3.05, 3.63) is 53.6 Å². The molecule has 0 aliphatic heterocycles. The molecule has 1 atom stereocenters. The number of nitrogens with zero attached hydrogens (tertiary/aromatic N) is 2. The van der Waals surface area contributed by atoms with Crippen LogP contribution in [0, 0.1) is 6.92 Å². The Labute approximate surface area is 226 Å². The summed E-state index contributed by atoms with van der Waals surface area (Å²) < 4.78 is 37.5. The van der Waals surface area contributed by atoms with Crippen LogP contribution >= 0.6 is 0 Å². The van der Waals surface area contributed by atoms with E-state index < -0.39 is 28.5 Å². The highest BCUT2D eigenvalue weighted by atomic mass is 32.2. The van der Waals surface area contributed by atoms with E-state index in [1.807, 2.05) is 31.2 Å². The van der Waals surface area contributed by atoms with Crippen molar-refractivity contribution in [1.82, 2.24) is 10.2 Å². The summed E-state index contributed by atoms with van der Waals surface area (Å²) in [5.41, 5.74) is 2.03. The molecule has 1 aliphatic carbocycles. The van der Waals surface area contributed by atoms with Gasteiger partial charge in [0.1, 0.15) is 24.1 Å². The minimum Gasteiger partial charge on any atom is -0.497 e. The Morgan fingerprint density at radius 1 is 1.05 bits per heavy atom. The molecule has 1 unspecified atom stereocenters. The summed E-state index contributed by atoms with van der Waals surface area (Å²) in [6.45, 7) is 3.28. The number of ether oxygens (including phenoxy) is 2. The lowest BCUT2D eigenvalue weighted by molar-refractivity contribution is -0.139.